The topological polar surface area (TPSA) is 39.2 Å². The van der Waals surface area contributed by atoms with Crippen molar-refractivity contribution >= 4 is 12.4 Å². The Morgan fingerprint density at radius 1 is 1.38 bits per heavy atom. The number of furan rings is 1. The molecular weight excluding hydrogens is 186 g/mol. The molecule has 76 valence electrons. The quantitative estimate of drug-likeness (QED) is 0.817. The molecule has 1 rings (SSSR count). The van der Waals surface area contributed by atoms with Gasteiger partial charge in [-0.15, -0.1) is 12.4 Å². The van der Waals surface area contributed by atoms with Crippen molar-refractivity contribution in [3.63, 3.8) is 0 Å². The van der Waals surface area contributed by atoms with Crippen LogP contribution in [0.4, 0.5) is 0 Å². The zero-order valence-corrected chi connectivity index (χ0v) is 9.01. The van der Waals surface area contributed by atoms with E-state index >= 15 is 0 Å². The van der Waals surface area contributed by atoms with Crippen molar-refractivity contribution < 1.29 is 4.42 Å². The lowest BCUT2D eigenvalue weighted by atomic mass is 10.0. The summed E-state index contributed by atoms with van der Waals surface area (Å²) in [6.07, 6.45) is 3.83. The van der Waals surface area contributed by atoms with Crippen LogP contribution in [-0.4, -0.2) is 0 Å². The Morgan fingerprint density at radius 2 is 2.08 bits per heavy atom. The van der Waals surface area contributed by atoms with Crippen LogP contribution in [0.2, 0.25) is 0 Å². The van der Waals surface area contributed by atoms with Gasteiger partial charge in [0.1, 0.15) is 5.76 Å². The Hall–Kier alpha value is -0.470. The van der Waals surface area contributed by atoms with Crippen LogP contribution >= 0.6 is 12.4 Å². The molecule has 1 aromatic heterocycles. The molecule has 2 N–H and O–H groups in total. The van der Waals surface area contributed by atoms with Crippen LogP contribution in [0.3, 0.4) is 0 Å². The third-order valence-corrected chi connectivity index (χ3v) is 1.96. The molecule has 0 amide bonds. The molecule has 0 aliphatic rings. The first-order valence-corrected chi connectivity index (χ1v) is 4.49. The van der Waals surface area contributed by atoms with E-state index in [4.69, 9.17) is 10.2 Å². The fourth-order valence-corrected chi connectivity index (χ4v) is 1.16. The highest BCUT2D eigenvalue weighted by Crippen LogP contribution is 2.18. The number of halogens is 1. The van der Waals surface area contributed by atoms with Crippen molar-refractivity contribution in [3.8, 4) is 0 Å². The van der Waals surface area contributed by atoms with E-state index in [2.05, 4.69) is 13.8 Å². The molecule has 0 bridgehead atoms. The van der Waals surface area contributed by atoms with E-state index in [1.807, 2.05) is 12.1 Å². The van der Waals surface area contributed by atoms with Gasteiger partial charge in [0.2, 0.25) is 0 Å². The van der Waals surface area contributed by atoms with Gasteiger partial charge in [-0.3, -0.25) is 0 Å². The van der Waals surface area contributed by atoms with Gasteiger partial charge in [-0.05, 0) is 30.9 Å². The first-order valence-electron chi connectivity index (χ1n) is 4.49. The van der Waals surface area contributed by atoms with Crippen molar-refractivity contribution in [2.45, 2.75) is 32.7 Å². The third-order valence-electron chi connectivity index (χ3n) is 1.96. The molecule has 1 atom stereocenters. The molecule has 13 heavy (non-hydrogen) atoms. The van der Waals surface area contributed by atoms with Crippen molar-refractivity contribution in [2.75, 3.05) is 0 Å². The second-order valence-corrected chi connectivity index (χ2v) is 3.59. The van der Waals surface area contributed by atoms with Crippen LogP contribution in [0.15, 0.2) is 22.8 Å². The predicted octanol–water partition coefficient (Wildman–Crippen LogP) is 3.14. The zero-order valence-electron chi connectivity index (χ0n) is 8.19. The summed E-state index contributed by atoms with van der Waals surface area (Å²) in [6.45, 7) is 4.41. The molecule has 0 saturated heterocycles. The minimum Gasteiger partial charge on any atom is -0.468 e. The highest BCUT2D eigenvalue weighted by Gasteiger charge is 2.08. The smallest absolute Gasteiger partial charge is 0.120 e. The van der Waals surface area contributed by atoms with Crippen molar-refractivity contribution in [2.24, 2.45) is 11.7 Å². The van der Waals surface area contributed by atoms with E-state index in [0.29, 0.717) is 5.92 Å². The van der Waals surface area contributed by atoms with Crippen LogP contribution in [0, 0.1) is 5.92 Å². The van der Waals surface area contributed by atoms with E-state index in [1.165, 1.54) is 0 Å². The van der Waals surface area contributed by atoms with Gasteiger partial charge >= 0.3 is 0 Å². The van der Waals surface area contributed by atoms with E-state index in [0.717, 1.165) is 18.6 Å². The summed E-state index contributed by atoms with van der Waals surface area (Å²) in [5.41, 5.74) is 5.89. The summed E-state index contributed by atoms with van der Waals surface area (Å²) in [7, 11) is 0. The summed E-state index contributed by atoms with van der Waals surface area (Å²) >= 11 is 0. The molecule has 0 aromatic carbocycles. The molecule has 3 heteroatoms. The molecule has 0 aliphatic carbocycles. The number of hydrogen-bond donors (Lipinski definition) is 1. The normalized spacial score (nSPS) is 12.6. The molecule has 1 aromatic rings. The second-order valence-electron chi connectivity index (χ2n) is 3.59. The van der Waals surface area contributed by atoms with Gasteiger partial charge < -0.3 is 10.2 Å². The van der Waals surface area contributed by atoms with Crippen molar-refractivity contribution in [1.29, 1.82) is 0 Å². The fourth-order valence-electron chi connectivity index (χ4n) is 1.16. The maximum absolute atomic E-state index is 5.89. The summed E-state index contributed by atoms with van der Waals surface area (Å²) in [6, 6.07) is 3.89. The molecule has 0 fully saturated rings. The van der Waals surface area contributed by atoms with E-state index in [-0.39, 0.29) is 18.4 Å². The monoisotopic (exact) mass is 203 g/mol. The Morgan fingerprint density at radius 3 is 2.54 bits per heavy atom. The Labute approximate surface area is 85.9 Å². The highest BCUT2D eigenvalue weighted by atomic mass is 35.5. The van der Waals surface area contributed by atoms with Gasteiger partial charge in [-0.1, -0.05) is 13.8 Å². The SMILES string of the molecule is CC(C)CC[C@H](N)c1ccco1.Cl. The zero-order chi connectivity index (χ0) is 8.97. The Bertz CT molecular complexity index is 209. The van der Waals surface area contributed by atoms with Crippen LogP contribution < -0.4 is 5.73 Å². The standard InChI is InChI=1S/C10H17NO.ClH/c1-8(2)5-6-9(11)10-4-3-7-12-10;/h3-4,7-9H,5-6,11H2,1-2H3;1H/t9-;/m0./s1. The van der Waals surface area contributed by atoms with Gasteiger partial charge in [0.25, 0.3) is 0 Å². The molecule has 0 unspecified atom stereocenters. The highest BCUT2D eigenvalue weighted by molar-refractivity contribution is 5.85. The molecule has 0 spiro atoms. The molecule has 2 nitrogen and oxygen atoms in total. The molecular formula is C10H18ClNO. The molecule has 1 heterocycles. The van der Waals surface area contributed by atoms with Gasteiger partial charge in [0, 0.05) is 0 Å². The first-order chi connectivity index (χ1) is 5.70. The number of hydrogen-bond acceptors (Lipinski definition) is 2. The van der Waals surface area contributed by atoms with Gasteiger partial charge in [0.15, 0.2) is 0 Å². The first kappa shape index (κ1) is 12.5. The minimum atomic E-state index is 0. The van der Waals surface area contributed by atoms with Crippen molar-refractivity contribution in [1.82, 2.24) is 0 Å². The number of nitrogens with two attached hydrogens (primary N) is 1. The van der Waals surface area contributed by atoms with Gasteiger partial charge in [0.05, 0.1) is 12.3 Å². The predicted molar refractivity (Wildman–Crippen MR) is 57.0 cm³/mol. The van der Waals surface area contributed by atoms with Gasteiger partial charge in [-0.2, -0.15) is 0 Å². The lowest BCUT2D eigenvalue weighted by Crippen LogP contribution is -2.10. The van der Waals surface area contributed by atoms with E-state index in [1.54, 1.807) is 6.26 Å². The molecule has 0 saturated carbocycles. The van der Waals surface area contributed by atoms with Gasteiger partial charge in [-0.25, -0.2) is 0 Å². The minimum absolute atomic E-state index is 0. The summed E-state index contributed by atoms with van der Waals surface area (Å²) in [5, 5.41) is 0. The lowest BCUT2D eigenvalue weighted by molar-refractivity contribution is 0.424. The second kappa shape index (κ2) is 6.06. The average molecular weight is 204 g/mol. The van der Waals surface area contributed by atoms with Crippen LogP contribution in [0.5, 0.6) is 0 Å². The maximum atomic E-state index is 5.89. The van der Waals surface area contributed by atoms with E-state index < -0.39 is 0 Å². The van der Waals surface area contributed by atoms with E-state index in [9.17, 15) is 0 Å². The number of rotatable bonds is 4. The van der Waals surface area contributed by atoms with Crippen LogP contribution in [0.25, 0.3) is 0 Å². The van der Waals surface area contributed by atoms with Crippen molar-refractivity contribution in [3.05, 3.63) is 24.2 Å². The third kappa shape index (κ3) is 4.34. The summed E-state index contributed by atoms with van der Waals surface area (Å²) < 4.78 is 5.20. The summed E-state index contributed by atoms with van der Waals surface area (Å²) in [5.74, 6) is 1.61. The Balaban J connectivity index is 0.00000144. The maximum Gasteiger partial charge on any atom is 0.120 e. The summed E-state index contributed by atoms with van der Waals surface area (Å²) in [4.78, 5) is 0. The van der Waals surface area contributed by atoms with Crippen LogP contribution in [-0.2, 0) is 0 Å². The average Bonchev–Trinajstić information content (AvgIpc) is 2.51. The largest absolute Gasteiger partial charge is 0.468 e. The molecule has 0 radical (unpaired) electrons. The van der Waals surface area contributed by atoms with Crippen LogP contribution in [0.1, 0.15) is 38.5 Å². The lowest BCUT2D eigenvalue weighted by Gasteiger charge is -2.09. The fraction of sp³-hybridized carbons (Fsp3) is 0.600. The Kier molecular flexibility index (Phi) is 5.84. The molecule has 0 aliphatic heterocycles.